The Labute approximate surface area is 112 Å². The van der Waals surface area contributed by atoms with Gasteiger partial charge in [-0.25, -0.2) is 9.31 Å². The maximum atomic E-state index is 11.6. The van der Waals surface area contributed by atoms with Crippen molar-refractivity contribution in [1.29, 1.82) is 0 Å². The van der Waals surface area contributed by atoms with Crippen LogP contribution in [0.3, 0.4) is 0 Å². The van der Waals surface area contributed by atoms with Gasteiger partial charge < -0.3 is 4.74 Å². The fourth-order valence-corrected chi connectivity index (χ4v) is 1.74. The molecule has 0 unspecified atom stereocenters. The third kappa shape index (κ3) is 2.98. The first-order chi connectivity index (χ1) is 8.35. The highest BCUT2D eigenvalue weighted by atomic mass is 79.9. The molecule has 0 saturated heterocycles. The van der Waals surface area contributed by atoms with E-state index >= 15 is 0 Å². The van der Waals surface area contributed by atoms with Crippen LogP contribution in [0.5, 0.6) is 0 Å². The number of rotatable bonds is 1. The zero-order valence-corrected chi connectivity index (χ0v) is 11.9. The lowest BCUT2D eigenvalue weighted by Gasteiger charge is -2.18. The summed E-state index contributed by atoms with van der Waals surface area (Å²) in [5, 5.41) is 6.60. The number of pyridine rings is 1. The maximum absolute atomic E-state index is 11.6. The molecule has 7 heteroatoms. The molecule has 0 spiro atoms. The fraction of sp³-hybridized carbons (Fsp3) is 0.364. The molecule has 1 N–H and O–H groups in total. The zero-order valence-electron chi connectivity index (χ0n) is 10.3. The smallest absolute Gasteiger partial charge is 0.414 e. The molecule has 1 amide bonds. The zero-order chi connectivity index (χ0) is 13.3. The van der Waals surface area contributed by atoms with E-state index in [4.69, 9.17) is 4.74 Å². The van der Waals surface area contributed by atoms with E-state index in [1.807, 2.05) is 12.1 Å². The lowest BCUT2D eigenvalue weighted by atomic mass is 10.2. The van der Waals surface area contributed by atoms with Crippen molar-refractivity contribution in [3.05, 3.63) is 22.8 Å². The summed E-state index contributed by atoms with van der Waals surface area (Å²) in [6.45, 7) is 5.38. The van der Waals surface area contributed by atoms with E-state index in [0.29, 0.717) is 5.65 Å². The van der Waals surface area contributed by atoms with Gasteiger partial charge in [-0.3, -0.25) is 5.32 Å². The number of carbonyl (C=O) groups excluding carboxylic acids is 1. The van der Waals surface area contributed by atoms with Crippen LogP contribution in [0.2, 0.25) is 0 Å². The topological polar surface area (TPSA) is 68.5 Å². The number of carbonyl (C=O) groups is 1. The second-order valence-corrected chi connectivity index (χ2v) is 5.54. The number of anilines is 1. The number of ether oxygens (including phenoxy) is 1. The van der Waals surface area contributed by atoms with Gasteiger partial charge in [0.25, 0.3) is 5.95 Å². The van der Waals surface area contributed by atoms with Gasteiger partial charge in [0.05, 0.1) is 4.47 Å². The van der Waals surface area contributed by atoms with Gasteiger partial charge in [0.2, 0.25) is 0 Å². The number of nitrogens with one attached hydrogen (secondary N) is 1. The average Bonchev–Trinajstić information content (AvgIpc) is 2.58. The van der Waals surface area contributed by atoms with Crippen molar-refractivity contribution in [2.45, 2.75) is 26.4 Å². The van der Waals surface area contributed by atoms with E-state index in [2.05, 4.69) is 31.3 Å². The van der Waals surface area contributed by atoms with Crippen molar-refractivity contribution >= 4 is 33.6 Å². The third-order valence-corrected chi connectivity index (χ3v) is 2.55. The molecule has 0 aliphatic rings. The first-order valence-electron chi connectivity index (χ1n) is 5.36. The molecule has 0 aromatic carbocycles. The van der Waals surface area contributed by atoms with Crippen LogP contribution in [0, 0.1) is 0 Å². The molecule has 0 saturated carbocycles. The number of aromatic nitrogens is 3. The van der Waals surface area contributed by atoms with Crippen molar-refractivity contribution in [2.24, 2.45) is 0 Å². The molecule has 0 fully saturated rings. The van der Waals surface area contributed by atoms with Gasteiger partial charge in [0.1, 0.15) is 5.60 Å². The van der Waals surface area contributed by atoms with Crippen molar-refractivity contribution in [3.8, 4) is 0 Å². The van der Waals surface area contributed by atoms with Crippen LogP contribution in [0.15, 0.2) is 22.8 Å². The van der Waals surface area contributed by atoms with Gasteiger partial charge in [0.15, 0.2) is 5.65 Å². The Morgan fingerprint density at radius 3 is 2.83 bits per heavy atom. The highest BCUT2D eigenvalue weighted by Crippen LogP contribution is 2.17. The van der Waals surface area contributed by atoms with Crippen LogP contribution < -0.4 is 5.32 Å². The van der Waals surface area contributed by atoms with Crippen LogP contribution >= 0.6 is 15.9 Å². The first-order valence-corrected chi connectivity index (χ1v) is 6.15. The van der Waals surface area contributed by atoms with Gasteiger partial charge in [-0.2, -0.15) is 4.98 Å². The molecule has 18 heavy (non-hydrogen) atoms. The Morgan fingerprint density at radius 1 is 1.50 bits per heavy atom. The molecular weight excluding hydrogens is 300 g/mol. The van der Waals surface area contributed by atoms with E-state index in [0.717, 1.165) is 4.47 Å². The minimum Gasteiger partial charge on any atom is -0.444 e. The molecule has 0 bridgehead atoms. The monoisotopic (exact) mass is 312 g/mol. The van der Waals surface area contributed by atoms with Crippen LogP contribution in [0.4, 0.5) is 10.7 Å². The number of hydrogen-bond acceptors (Lipinski definition) is 4. The molecule has 0 aliphatic heterocycles. The number of halogens is 1. The molecule has 2 aromatic rings. The van der Waals surface area contributed by atoms with Gasteiger partial charge in [0, 0.05) is 6.20 Å². The number of amides is 1. The van der Waals surface area contributed by atoms with E-state index in [1.165, 1.54) is 0 Å². The highest BCUT2D eigenvalue weighted by Gasteiger charge is 2.17. The summed E-state index contributed by atoms with van der Waals surface area (Å²) in [5.41, 5.74) is 0.0765. The van der Waals surface area contributed by atoms with Crippen molar-refractivity contribution in [3.63, 3.8) is 0 Å². The van der Waals surface area contributed by atoms with E-state index in [-0.39, 0.29) is 5.95 Å². The molecule has 2 heterocycles. The van der Waals surface area contributed by atoms with Crippen LogP contribution in [-0.2, 0) is 4.74 Å². The number of hydrogen-bond donors (Lipinski definition) is 1. The minimum absolute atomic E-state index is 0.205. The predicted octanol–water partition coefficient (Wildman–Crippen LogP) is 2.84. The summed E-state index contributed by atoms with van der Waals surface area (Å²) in [6, 6.07) is 3.67. The Morgan fingerprint density at radius 2 is 2.22 bits per heavy atom. The first kappa shape index (κ1) is 12.8. The predicted molar refractivity (Wildman–Crippen MR) is 70.5 cm³/mol. The Bertz CT molecular complexity index is 588. The van der Waals surface area contributed by atoms with E-state index in [1.54, 1.807) is 31.5 Å². The summed E-state index contributed by atoms with van der Waals surface area (Å²) in [5.74, 6) is 0.205. The quantitative estimate of drug-likeness (QED) is 0.879. The Balaban J connectivity index is 2.18. The molecule has 0 aliphatic carbocycles. The Kier molecular flexibility index (Phi) is 3.25. The minimum atomic E-state index is -0.575. The normalized spacial score (nSPS) is 11.6. The lowest BCUT2D eigenvalue weighted by molar-refractivity contribution is 0.0634. The van der Waals surface area contributed by atoms with Crippen molar-refractivity contribution in [1.82, 2.24) is 14.6 Å². The van der Waals surface area contributed by atoms with Crippen LogP contribution in [0.25, 0.3) is 5.65 Å². The van der Waals surface area contributed by atoms with Gasteiger partial charge in [-0.1, -0.05) is 0 Å². The fourth-order valence-electron chi connectivity index (χ4n) is 1.32. The lowest BCUT2D eigenvalue weighted by Crippen LogP contribution is -2.27. The maximum Gasteiger partial charge on any atom is 0.414 e. The standard InChI is InChI=1S/C11H13BrN4O2/c1-11(2,3)18-10(17)14-9-13-8-7(12)5-4-6-16(8)15-9/h4-6H,1-3H3,(H,14,15,17). The Hall–Kier alpha value is -1.63. The summed E-state index contributed by atoms with van der Waals surface area (Å²) in [6.07, 6.45) is 1.17. The second kappa shape index (κ2) is 4.56. The van der Waals surface area contributed by atoms with Gasteiger partial charge in [-0.15, -0.1) is 5.10 Å². The molecular formula is C11H13BrN4O2. The number of nitrogens with zero attached hydrogens (tertiary/aromatic N) is 3. The van der Waals surface area contributed by atoms with Crippen molar-refractivity contribution in [2.75, 3.05) is 5.32 Å². The molecule has 0 radical (unpaired) electrons. The highest BCUT2D eigenvalue weighted by molar-refractivity contribution is 9.10. The summed E-state index contributed by atoms with van der Waals surface area (Å²) < 4.78 is 7.48. The third-order valence-electron chi connectivity index (χ3n) is 1.93. The SMILES string of the molecule is CC(C)(C)OC(=O)Nc1nc2c(Br)cccn2n1. The molecule has 6 nitrogen and oxygen atoms in total. The summed E-state index contributed by atoms with van der Waals surface area (Å²) in [4.78, 5) is 15.7. The summed E-state index contributed by atoms with van der Waals surface area (Å²) in [7, 11) is 0. The second-order valence-electron chi connectivity index (χ2n) is 4.69. The number of fused-ring (bicyclic) bond motifs is 1. The average molecular weight is 313 g/mol. The van der Waals surface area contributed by atoms with Crippen LogP contribution in [-0.4, -0.2) is 26.3 Å². The largest absolute Gasteiger partial charge is 0.444 e. The molecule has 96 valence electrons. The van der Waals surface area contributed by atoms with Crippen molar-refractivity contribution < 1.29 is 9.53 Å². The van der Waals surface area contributed by atoms with Gasteiger partial charge in [-0.05, 0) is 48.8 Å². The van der Waals surface area contributed by atoms with Crippen LogP contribution in [0.1, 0.15) is 20.8 Å². The van der Waals surface area contributed by atoms with E-state index in [9.17, 15) is 4.79 Å². The molecule has 2 aromatic heterocycles. The summed E-state index contributed by atoms with van der Waals surface area (Å²) >= 11 is 3.36. The molecule has 0 atom stereocenters. The van der Waals surface area contributed by atoms with Gasteiger partial charge >= 0.3 is 6.09 Å². The molecule has 2 rings (SSSR count). The van der Waals surface area contributed by atoms with E-state index < -0.39 is 11.7 Å².